The number of hydrogen-bond donors (Lipinski definition) is 2. The molecule has 0 saturated heterocycles. The Kier molecular flexibility index (Phi) is 12.6. The quantitative estimate of drug-likeness (QED) is 0.119. The lowest BCUT2D eigenvalue weighted by atomic mass is 9.76. The molecule has 0 aliphatic carbocycles. The van der Waals surface area contributed by atoms with Gasteiger partial charge in [-0.05, 0) is 88.2 Å². The largest absolute Gasteiger partial charge is 0.483 e. The first kappa shape index (κ1) is 41.7. The number of anilines is 2. The third-order valence-electron chi connectivity index (χ3n) is 10.0. The van der Waals surface area contributed by atoms with E-state index in [2.05, 4.69) is 84.9 Å². The van der Waals surface area contributed by atoms with Crippen molar-refractivity contribution >= 4 is 81.5 Å². The first-order valence-corrected chi connectivity index (χ1v) is 20.2. The fraction of sp³-hybridized carbons (Fsp3) is 0.293. The van der Waals surface area contributed by atoms with Crippen LogP contribution in [0.1, 0.15) is 75.9 Å². The number of ether oxygens (including phenoxy) is 1. The van der Waals surface area contributed by atoms with Gasteiger partial charge >= 0.3 is 0 Å². The Labute approximate surface area is 350 Å². The van der Waals surface area contributed by atoms with Crippen LogP contribution in [0.15, 0.2) is 95.2 Å². The molecule has 12 nitrogen and oxygen atoms in total. The molecule has 0 radical (unpaired) electrons. The minimum absolute atomic E-state index is 0.0102. The SMILES string of the molecule is CCC(C)(C)c1ccc(OCC(=O)Nc2cccc(C(=O)NC3=NN(c4c(Cl)cc(Cl)cc4Cl)C(=O)C3Sc3nnnn3-c3ccccc3)c2)c(C(C)(C)CC)c1. The summed E-state index contributed by atoms with van der Waals surface area (Å²) in [7, 11) is 0. The van der Waals surface area contributed by atoms with Gasteiger partial charge in [-0.3, -0.25) is 14.4 Å². The average molecular weight is 848 g/mol. The molecule has 0 bridgehead atoms. The van der Waals surface area contributed by atoms with Crippen molar-refractivity contribution in [1.29, 1.82) is 0 Å². The highest BCUT2D eigenvalue weighted by atomic mass is 35.5. The maximum Gasteiger partial charge on any atom is 0.268 e. The number of carbonyl (C=O) groups excluding carboxylic acids is 3. The predicted molar refractivity (Wildman–Crippen MR) is 226 cm³/mol. The monoisotopic (exact) mass is 846 g/mol. The molecule has 1 aromatic heterocycles. The molecule has 0 spiro atoms. The van der Waals surface area contributed by atoms with Crippen LogP contribution in [0.25, 0.3) is 5.69 Å². The predicted octanol–water partition coefficient (Wildman–Crippen LogP) is 9.27. The number of halogens is 3. The van der Waals surface area contributed by atoms with Crippen LogP contribution < -0.4 is 20.4 Å². The lowest BCUT2D eigenvalue weighted by molar-refractivity contribution is -0.118. The summed E-state index contributed by atoms with van der Waals surface area (Å²) in [6.07, 6.45) is 1.86. The van der Waals surface area contributed by atoms with Crippen molar-refractivity contribution in [1.82, 2.24) is 25.5 Å². The first-order valence-electron chi connectivity index (χ1n) is 18.2. The number of aromatic nitrogens is 4. The van der Waals surface area contributed by atoms with E-state index in [1.165, 1.54) is 28.4 Å². The van der Waals surface area contributed by atoms with Gasteiger partial charge in [0.25, 0.3) is 17.7 Å². The number of hydrogen-bond acceptors (Lipinski definition) is 9. The number of nitrogens with zero attached hydrogens (tertiary/aromatic N) is 6. The maximum atomic E-state index is 14.1. The van der Waals surface area contributed by atoms with Crippen molar-refractivity contribution in [2.24, 2.45) is 5.10 Å². The van der Waals surface area contributed by atoms with Gasteiger partial charge in [0.05, 0.1) is 15.7 Å². The number of rotatable bonds is 13. The van der Waals surface area contributed by atoms with Crippen molar-refractivity contribution in [2.45, 2.75) is 75.6 Å². The number of nitrogens with one attached hydrogen (secondary N) is 2. The summed E-state index contributed by atoms with van der Waals surface area (Å²) in [4.78, 5) is 41.1. The van der Waals surface area contributed by atoms with Crippen LogP contribution >= 0.6 is 46.6 Å². The summed E-state index contributed by atoms with van der Waals surface area (Å²) >= 11 is 20.1. The van der Waals surface area contributed by atoms with Crippen LogP contribution in [0.3, 0.4) is 0 Å². The molecule has 2 N–H and O–H groups in total. The molecule has 6 rings (SSSR count). The van der Waals surface area contributed by atoms with Gasteiger partial charge < -0.3 is 15.4 Å². The zero-order valence-corrected chi connectivity index (χ0v) is 35.2. The number of para-hydroxylation sites is 1. The summed E-state index contributed by atoms with van der Waals surface area (Å²) in [5.41, 5.74) is 3.35. The van der Waals surface area contributed by atoms with Crippen molar-refractivity contribution < 1.29 is 19.1 Å². The Morgan fingerprint density at radius 3 is 2.25 bits per heavy atom. The van der Waals surface area contributed by atoms with E-state index in [0.717, 1.165) is 35.2 Å². The number of thioether (sulfide) groups is 1. The lowest BCUT2D eigenvalue weighted by Gasteiger charge is -2.30. The van der Waals surface area contributed by atoms with E-state index in [1.807, 2.05) is 24.3 Å². The molecule has 57 heavy (non-hydrogen) atoms. The highest BCUT2D eigenvalue weighted by molar-refractivity contribution is 8.01. The van der Waals surface area contributed by atoms with Gasteiger partial charge in [0.1, 0.15) is 11.4 Å². The number of benzene rings is 4. The van der Waals surface area contributed by atoms with Gasteiger partial charge in [0.15, 0.2) is 17.7 Å². The molecule has 1 unspecified atom stereocenters. The second kappa shape index (κ2) is 17.3. The second-order valence-electron chi connectivity index (χ2n) is 14.6. The van der Waals surface area contributed by atoms with Gasteiger partial charge in [0.2, 0.25) is 5.16 Å². The van der Waals surface area contributed by atoms with Crippen molar-refractivity contribution in [2.75, 3.05) is 16.9 Å². The van der Waals surface area contributed by atoms with E-state index < -0.39 is 23.0 Å². The zero-order valence-electron chi connectivity index (χ0n) is 32.1. The molecule has 1 aliphatic rings. The normalized spacial score (nSPS) is 14.4. The summed E-state index contributed by atoms with van der Waals surface area (Å²) in [5, 5.41) is 22.6. The smallest absolute Gasteiger partial charge is 0.268 e. The second-order valence-corrected chi connectivity index (χ2v) is 16.9. The van der Waals surface area contributed by atoms with E-state index in [4.69, 9.17) is 39.5 Å². The van der Waals surface area contributed by atoms with Crippen LogP contribution in [0.4, 0.5) is 11.4 Å². The Morgan fingerprint density at radius 2 is 1.56 bits per heavy atom. The third kappa shape index (κ3) is 9.28. The zero-order chi connectivity index (χ0) is 41.1. The molecule has 16 heteroatoms. The Morgan fingerprint density at radius 1 is 0.860 bits per heavy atom. The molecule has 5 aromatic rings. The molecular weight excluding hydrogens is 807 g/mol. The molecule has 0 fully saturated rings. The average Bonchev–Trinajstić information content (AvgIpc) is 3.77. The van der Waals surface area contributed by atoms with Gasteiger partial charge in [0, 0.05) is 21.8 Å². The topological polar surface area (TPSA) is 144 Å². The van der Waals surface area contributed by atoms with Crippen LogP contribution in [0.2, 0.25) is 15.1 Å². The summed E-state index contributed by atoms with van der Waals surface area (Å²) in [5.74, 6) is -0.954. The number of carbonyl (C=O) groups is 3. The summed E-state index contributed by atoms with van der Waals surface area (Å²) in [6, 6.07) is 24.5. The number of amidine groups is 1. The van der Waals surface area contributed by atoms with Gasteiger partial charge in [-0.1, -0.05) is 125 Å². The van der Waals surface area contributed by atoms with Crippen LogP contribution in [-0.2, 0) is 20.4 Å². The highest BCUT2D eigenvalue weighted by Gasteiger charge is 2.41. The molecule has 4 aromatic carbocycles. The number of hydrazone groups is 1. The number of tetrazole rings is 1. The molecule has 1 aliphatic heterocycles. The minimum Gasteiger partial charge on any atom is -0.483 e. The molecule has 2 heterocycles. The van der Waals surface area contributed by atoms with E-state index in [0.29, 0.717) is 17.1 Å². The molecule has 1 atom stereocenters. The Hall–Kier alpha value is -4.95. The van der Waals surface area contributed by atoms with E-state index in [-0.39, 0.29) is 54.7 Å². The van der Waals surface area contributed by atoms with Crippen LogP contribution in [0, 0.1) is 0 Å². The molecular formula is C41H41Cl3N8O4S. The standard InChI is InChI=1S/C41H41Cl3N8O4S/c1-7-40(3,4)25-17-18-32(29(20-25)41(5,6)8-2)56-23-33(53)45-27-14-12-13-24(19-27)37(54)46-36-35(57-39-47-49-50-51(39)28-15-10-9-11-16-28)38(55)52(48-36)34-30(43)21-26(42)22-31(34)44/h9-22,35H,7-8,23H2,1-6H3,(H,45,53)(H,46,48,54). The summed E-state index contributed by atoms with van der Waals surface area (Å²) in [6.45, 7) is 12.8. The number of amides is 3. The minimum atomic E-state index is -1.13. The maximum absolute atomic E-state index is 14.1. The van der Waals surface area contributed by atoms with Crippen LogP contribution in [-0.4, -0.2) is 55.6 Å². The van der Waals surface area contributed by atoms with Gasteiger partial charge in [-0.25, -0.2) is 0 Å². The van der Waals surface area contributed by atoms with E-state index in [1.54, 1.807) is 30.3 Å². The van der Waals surface area contributed by atoms with Crippen LogP contribution in [0.5, 0.6) is 5.75 Å². The van der Waals surface area contributed by atoms with E-state index >= 15 is 0 Å². The van der Waals surface area contributed by atoms with Crippen molar-refractivity contribution in [3.63, 3.8) is 0 Å². The molecule has 296 valence electrons. The summed E-state index contributed by atoms with van der Waals surface area (Å²) < 4.78 is 7.57. The van der Waals surface area contributed by atoms with Crippen molar-refractivity contribution in [3.8, 4) is 11.4 Å². The van der Waals surface area contributed by atoms with Gasteiger partial charge in [-0.2, -0.15) is 9.69 Å². The van der Waals surface area contributed by atoms with Gasteiger partial charge in [-0.15, -0.1) is 10.2 Å². The Balaban J connectivity index is 1.21. The molecule has 3 amide bonds. The lowest BCUT2D eigenvalue weighted by Crippen LogP contribution is -2.39. The fourth-order valence-electron chi connectivity index (χ4n) is 5.89. The molecule has 0 saturated carbocycles. The first-order chi connectivity index (χ1) is 27.1. The van der Waals surface area contributed by atoms with E-state index in [9.17, 15) is 14.4 Å². The fourth-order valence-corrected chi connectivity index (χ4v) is 7.82. The highest BCUT2D eigenvalue weighted by Crippen LogP contribution is 2.41. The Bertz CT molecular complexity index is 2330. The van der Waals surface area contributed by atoms with Crippen molar-refractivity contribution in [3.05, 3.63) is 117 Å². The third-order valence-corrected chi connectivity index (χ3v) is 11.9.